The van der Waals surface area contributed by atoms with Crippen molar-refractivity contribution in [1.29, 1.82) is 0 Å². The van der Waals surface area contributed by atoms with Crippen molar-refractivity contribution >= 4 is 17.7 Å². The van der Waals surface area contributed by atoms with Gasteiger partial charge in [0.25, 0.3) is 5.91 Å². The number of carbonyl (C=O) groups excluding carboxylic acids is 3. The zero-order chi connectivity index (χ0) is 16.3. The lowest BCUT2D eigenvalue weighted by Crippen LogP contribution is -2.44. The van der Waals surface area contributed by atoms with Gasteiger partial charge in [-0.2, -0.15) is 0 Å². The highest BCUT2D eigenvalue weighted by Crippen LogP contribution is 2.24. The van der Waals surface area contributed by atoms with Crippen LogP contribution in [0.5, 0.6) is 0 Å². The molecule has 2 aliphatic rings. The minimum atomic E-state index is -0.678. The van der Waals surface area contributed by atoms with Gasteiger partial charge in [-0.15, -0.1) is 0 Å². The lowest BCUT2D eigenvalue weighted by atomic mass is 9.84. The number of likely N-dealkylation sites (tertiary alicyclic amines) is 1. The average Bonchev–Trinajstić information content (AvgIpc) is 2.74. The predicted octanol–water partition coefficient (Wildman–Crippen LogP) is 0.664. The van der Waals surface area contributed by atoms with Gasteiger partial charge < -0.3 is 10.6 Å². The van der Waals surface area contributed by atoms with E-state index in [1.165, 1.54) is 4.90 Å². The van der Waals surface area contributed by atoms with E-state index in [-0.39, 0.29) is 30.2 Å². The topological polar surface area (TPSA) is 78.5 Å². The molecule has 0 bridgehead atoms. The monoisotopic (exact) mass is 309 g/mol. The maximum atomic E-state index is 12.2. The molecular weight excluding hydrogens is 282 g/mol. The molecule has 0 aromatic carbocycles. The predicted molar refractivity (Wildman–Crippen MR) is 82.9 cm³/mol. The summed E-state index contributed by atoms with van der Waals surface area (Å²) in [6.45, 7) is 7.72. The highest BCUT2D eigenvalue weighted by Gasteiger charge is 2.40. The molecule has 2 saturated heterocycles. The SMILES string of the molecule is CC(CC(=O)NC1CC(=O)N(C(C)C)C1=O)C1CCNCC1. The first-order valence-corrected chi connectivity index (χ1v) is 8.26. The molecule has 2 N–H and O–H groups in total. The highest BCUT2D eigenvalue weighted by molar-refractivity contribution is 6.07. The third kappa shape index (κ3) is 3.85. The fourth-order valence-corrected chi connectivity index (χ4v) is 3.43. The van der Waals surface area contributed by atoms with Crippen LogP contribution in [-0.4, -0.2) is 47.8 Å². The maximum absolute atomic E-state index is 12.2. The molecule has 2 heterocycles. The van der Waals surface area contributed by atoms with E-state index < -0.39 is 6.04 Å². The Balaban J connectivity index is 1.84. The van der Waals surface area contributed by atoms with Gasteiger partial charge in [-0.3, -0.25) is 19.3 Å². The molecular formula is C16H27N3O3. The number of hydrogen-bond donors (Lipinski definition) is 2. The lowest BCUT2D eigenvalue weighted by molar-refractivity contribution is -0.141. The van der Waals surface area contributed by atoms with Crippen molar-refractivity contribution in [2.24, 2.45) is 11.8 Å². The van der Waals surface area contributed by atoms with Crippen molar-refractivity contribution in [2.75, 3.05) is 13.1 Å². The summed E-state index contributed by atoms with van der Waals surface area (Å²) in [5.74, 6) is 0.262. The van der Waals surface area contributed by atoms with Crippen LogP contribution in [0.15, 0.2) is 0 Å². The van der Waals surface area contributed by atoms with Gasteiger partial charge in [0.1, 0.15) is 6.04 Å². The number of nitrogens with one attached hydrogen (secondary N) is 2. The molecule has 2 atom stereocenters. The number of hydrogen-bond acceptors (Lipinski definition) is 4. The van der Waals surface area contributed by atoms with E-state index in [4.69, 9.17) is 0 Å². The lowest BCUT2D eigenvalue weighted by Gasteiger charge is -2.28. The first-order valence-electron chi connectivity index (χ1n) is 8.26. The molecule has 6 heteroatoms. The molecule has 0 aromatic rings. The third-order valence-corrected chi connectivity index (χ3v) is 4.73. The molecule has 124 valence electrons. The van der Waals surface area contributed by atoms with Crippen molar-refractivity contribution in [3.63, 3.8) is 0 Å². The van der Waals surface area contributed by atoms with E-state index in [2.05, 4.69) is 17.6 Å². The minimum absolute atomic E-state index is 0.0878. The quantitative estimate of drug-likeness (QED) is 0.732. The second-order valence-electron chi connectivity index (χ2n) is 6.79. The Morgan fingerprint density at radius 3 is 2.45 bits per heavy atom. The molecule has 0 aromatic heterocycles. The molecule has 6 nitrogen and oxygen atoms in total. The van der Waals surface area contributed by atoms with Crippen LogP contribution in [0.3, 0.4) is 0 Å². The highest BCUT2D eigenvalue weighted by atomic mass is 16.2. The summed E-state index contributed by atoms with van der Waals surface area (Å²) in [6.07, 6.45) is 2.70. The Morgan fingerprint density at radius 2 is 1.91 bits per heavy atom. The van der Waals surface area contributed by atoms with Crippen LogP contribution in [0.25, 0.3) is 0 Å². The van der Waals surface area contributed by atoms with E-state index in [1.54, 1.807) is 13.8 Å². The maximum Gasteiger partial charge on any atom is 0.252 e. The van der Waals surface area contributed by atoms with E-state index in [9.17, 15) is 14.4 Å². The van der Waals surface area contributed by atoms with Gasteiger partial charge in [-0.25, -0.2) is 0 Å². The number of imide groups is 1. The van der Waals surface area contributed by atoms with Gasteiger partial charge in [0.05, 0.1) is 6.42 Å². The molecule has 0 spiro atoms. The Morgan fingerprint density at radius 1 is 1.27 bits per heavy atom. The van der Waals surface area contributed by atoms with Crippen LogP contribution < -0.4 is 10.6 Å². The van der Waals surface area contributed by atoms with Gasteiger partial charge in [-0.05, 0) is 51.6 Å². The van der Waals surface area contributed by atoms with E-state index in [0.717, 1.165) is 25.9 Å². The fraction of sp³-hybridized carbons (Fsp3) is 0.812. The van der Waals surface area contributed by atoms with Crippen LogP contribution in [-0.2, 0) is 14.4 Å². The molecule has 3 amide bonds. The van der Waals surface area contributed by atoms with Crippen molar-refractivity contribution in [3.8, 4) is 0 Å². The second kappa shape index (κ2) is 7.22. The van der Waals surface area contributed by atoms with Crippen LogP contribution in [0, 0.1) is 11.8 Å². The van der Waals surface area contributed by atoms with Crippen LogP contribution in [0.2, 0.25) is 0 Å². The molecule has 2 rings (SSSR count). The van der Waals surface area contributed by atoms with Crippen molar-refractivity contribution < 1.29 is 14.4 Å². The summed E-state index contributed by atoms with van der Waals surface area (Å²) in [7, 11) is 0. The fourth-order valence-electron chi connectivity index (χ4n) is 3.43. The summed E-state index contributed by atoms with van der Waals surface area (Å²) in [6, 6.07) is -0.835. The molecule has 0 radical (unpaired) electrons. The minimum Gasteiger partial charge on any atom is -0.344 e. The van der Waals surface area contributed by atoms with Gasteiger partial charge >= 0.3 is 0 Å². The average molecular weight is 309 g/mol. The number of piperidine rings is 1. The third-order valence-electron chi connectivity index (χ3n) is 4.73. The Kier molecular flexibility index (Phi) is 5.56. The van der Waals surface area contributed by atoms with Crippen molar-refractivity contribution in [1.82, 2.24) is 15.5 Å². The van der Waals surface area contributed by atoms with Gasteiger partial charge in [-0.1, -0.05) is 6.92 Å². The number of carbonyl (C=O) groups is 3. The molecule has 2 unspecified atom stereocenters. The van der Waals surface area contributed by atoms with Crippen LogP contribution >= 0.6 is 0 Å². The number of amides is 3. The van der Waals surface area contributed by atoms with Crippen molar-refractivity contribution in [3.05, 3.63) is 0 Å². The molecule has 22 heavy (non-hydrogen) atoms. The summed E-state index contributed by atoms with van der Waals surface area (Å²) in [4.78, 5) is 37.4. The standard InChI is InChI=1S/C16H27N3O3/c1-10(2)19-15(21)9-13(16(19)22)18-14(20)8-11(3)12-4-6-17-7-5-12/h10-13,17H,4-9H2,1-3H3,(H,18,20). The van der Waals surface area contributed by atoms with Gasteiger partial charge in [0, 0.05) is 12.5 Å². The van der Waals surface area contributed by atoms with E-state index in [1.807, 2.05) is 0 Å². The normalized spacial score (nSPS) is 24.9. The zero-order valence-electron chi connectivity index (χ0n) is 13.7. The largest absolute Gasteiger partial charge is 0.344 e. The Bertz CT molecular complexity index is 444. The second-order valence-corrected chi connectivity index (χ2v) is 6.79. The first-order chi connectivity index (χ1) is 10.4. The van der Waals surface area contributed by atoms with E-state index in [0.29, 0.717) is 18.3 Å². The molecule has 2 fully saturated rings. The summed E-state index contributed by atoms with van der Waals surface area (Å²) < 4.78 is 0. The summed E-state index contributed by atoms with van der Waals surface area (Å²) >= 11 is 0. The summed E-state index contributed by atoms with van der Waals surface area (Å²) in [5, 5.41) is 6.07. The first kappa shape index (κ1) is 16.9. The summed E-state index contributed by atoms with van der Waals surface area (Å²) in [5.41, 5.74) is 0. The van der Waals surface area contributed by atoms with Crippen molar-refractivity contribution in [2.45, 2.75) is 58.5 Å². The Labute approximate surface area is 132 Å². The van der Waals surface area contributed by atoms with Crippen LogP contribution in [0.1, 0.15) is 46.5 Å². The Hall–Kier alpha value is -1.43. The molecule has 0 saturated carbocycles. The van der Waals surface area contributed by atoms with Gasteiger partial charge in [0.2, 0.25) is 11.8 Å². The number of rotatable bonds is 5. The molecule has 2 aliphatic heterocycles. The van der Waals surface area contributed by atoms with E-state index >= 15 is 0 Å². The smallest absolute Gasteiger partial charge is 0.252 e. The van der Waals surface area contributed by atoms with Gasteiger partial charge in [0.15, 0.2) is 0 Å². The zero-order valence-corrected chi connectivity index (χ0v) is 13.7. The number of nitrogens with zero attached hydrogens (tertiary/aromatic N) is 1. The molecule has 0 aliphatic carbocycles. The van der Waals surface area contributed by atoms with Crippen LogP contribution in [0.4, 0.5) is 0 Å².